The number of amides is 2. The highest BCUT2D eigenvalue weighted by atomic mass is 19.1. The van der Waals surface area contributed by atoms with E-state index >= 15 is 0 Å². The number of benzene rings is 2. The molecule has 150 valence electrons. The number of rotatable bonds is 6. The molecule has 0 bridgehead atoms. The molecule has 0 saturated carbocycles. The average Bonchev–Trinajstić information content (AvgIpc) is 2.65. The highest BCUT2D eigenvalue weighted by molar-refractivity contribution is 5.84. The average molecular weight is 386 g/mol. The predicted octanol–water partition coefficient (Wildman–Crippen LogP) is 3.67. The third-order valence-electron chi connectivity index (χ3n) is 4.30. The van der Waals surface area contributed by atoms with Gasteiger partial charge in [-0.15, -0.1) is 0 Å². The molecule has 1 atom stereocenters. The molecule has 2 aromatic rings. The van der Waals surface area contributed by atoms with Gasteiger partial charge in [-0.05, 0) is 42.0 Å². The van der Waals surface area contributed by atoms with E-state index in [9.17, 15) is 14.0 Å². The van der Waals surface area contributed by atoms with E-state index in [2.05, 4.69) is 43.8 Å². The van der Waals surface area contributed by atoms with Crippen LogP contribution >= 0.6 is 0 Å². The Morgan fingerprint density at radius 2 is 1.68 bits per heavy atom. The van der Waals surface area contributed by atoms with Crippen LogP contribution in [-0.4, -0.2) is 17.9 Å². The number of carbonyl (C=O) groups excluding carboxylic acids is 2. The summed E-state index contributed by atoms with van der Waals surface area (Å²) < 4.78 is 18.8. The maximum Gasteiger partial charge on any atom is 0.279 e. The fourth-order valence-corrected chi connectivity index (χ4v) is 2.51. The van der Waals surface area contributed by atoms with Crippen molar-refractivity contribution >= 4 is 11.8 Å². The van der Waals surface area contributed by atoms with Crippen LogP contribution in [-0.2, 0) is 21.4 Å². The topological polar surface area (TPSA) is 67.4 Å². The fraction of sp³-hybridized carbons (Fsp3) is 0.364. The second-order valence-electron chi connectivity index (χ2n) is 7.67. The second kappa shape index (κ2) is 9.35. The lowest BCUT2D eigenvalue weighted by Gasteiger charge is -2.19. The van der Waals surface area contributed by atoms with Gasteiger partial charge in [0, 0.05) is 6.42 Å². The molecular formula is C22H27FN2O3. The Bertz CT molecular complexity index is 813. The molecule has 0 aliphatic carbocycles. The highest BCUT2D eigenvalue weighted by Gasteiger charge is 2.17. The van der Waals surface area contributed by atoms with Crippen molar-refractivity contribution in [1.82, 2.24) is 10.9 Å². The van der Waals surface area contributed by atoms with Crippen LogP contribution in [0.1, 0.15) is 45.2 Å². The second-order valence-corrected chi connectivity index (χ2v) is 7.67. The van der Waals surface area contributed by atoms with Crippen molar-refractivity contribution in [2.24, 2.45) is 0 Å². The molecular weight excluding hydrogens is 359 g/mol. The Balaban J connectivity index is 1.75. The molecule has 2 aromatic carbocycles. The zero-order chi connectivity index (χ0) is 20.7. The highest BCUT2D eigenvalue weighted by Crippen LogP contribution is 2.22. The van der Waals surface area contributed by atoms with E-state index in [1.165, 1.54) is 30.7 Å². The summed E-state index contributed by atoms with van der Waals surface area (Å²) in [4.78, 5) is 24.0. The number of nitrogens with one attached hydrogen (secondary N) is 2. The Hall–Kier alpha value is -2.89. The molecule has 0 heterocycles. The van der Waals surface area contributed by atoms with Gasteiger partial charge in [0.25, 0.3) is 5.91 Å². The quantitative estimate of drug-likeness (QED) is 0.745. The van der Waals surface area contributed by atoms with Gasteiger partial charge in [0.1, 0.15) is 0 Å². The van der Waals surface area contributed by atoms with Gasteiger partial charge >= 0.3 is 0 Å². The first kappa shape index (κ1) is 21.4. The smallest absolute Gasteiger partial charge is 0.279 e. The van der Waals surface area contributed by atoms with Crippen LogP contribution in [0.4, 0.5) is 4.39 Å². The van der Waals surface area contributed by atoms with Gasteiger partial charge in [0.2, 0.25) is 5.91 Å². The van der Waals surface area contributed by atoms with Crippen molar-refractivity contribution in [3.8, 4) is 5.75 Å². The summed E-state index contributed by atoms with van der Waals surface area (Å²) in [6, 6.07) is 14.0. The number of halogens is 1. The number of hydrogen-bond donors (Lipinski definition) is 2. The van der Waals surface area contributed by atoms with Gasteiger partial charge in [-0.1, -0.05) is 57.2 Å². The number of ether oxygens (including phenoxy) is 1. The van der Waals surface area contributed by atoms with E-state index in [0.717, 1.165) is 5.56 Å². The van der Waals surface area contributed by atoms with Crippen LogP contribution in [0.2, 0.25) is 0 Å². The van der Waals surface area contributed by atoms with Crippen molar-refractivity contribution < 1.29 is 18.7 Å². The van der Waals surface area contributed by atoms with Gasteiger partial charge in [0.15, 0.2) is 17.7 Å². The van der Waals surface area contributed by atoms with Crippen molar-refractivity contribution in [1.29, 1.82) is 0 Å². The largest absolute Gasteiger partial charge is 0.478 e. The van der Waals surface area contributed by atoms with Gasteiger partial charge in [-0.3, -0.25) is 20.4 Å². The van der Waals surface area contributed by atoms with Crippen LogP contribution < -0.4 is 15.6 Å². The summed E-state index contributed by atoms with van der Waals surface area (Å²) in [6.07, 6.45) is -0.160. The lowest BCUT2D eigenvalue weighted by Crippen LogP contribution is -2.47. The first-order valence-corrected chi connectivity index (χ1v) is 9.26. The van der Waals surface area contributed by atoms with Gasteiger partial charge in [-0.25, -0.2) is 4.39 Å². The molecule has 5 nitrogen and oxygen atoms in total. The van der Waals surface area contributed by atoms with Crippen molar-refractivity contribution in [3.05, 3.63) is 65.5 Å². The normalized spacial score (nSPS) is 12.2. The van der Waals surface area contributed by atoms with E-state index < -0.39 is 17.8 Å². The molecule has 0 radical (unpaired) electrons. The SMILES string of the molecule is C[C@@H](Oc1ccccc1F)C(=O)NNC(=O)CCc1ccc(C(C)(C)C)cc1. The fourth-order valence-electron chi connectivity index (χ4n) is 2.51. The summed E-state index contributed by atoms with van der Waals surface area (Å²) in [5, 5.41) is 0. The van der Waals surface area contributed by atoms with Gasteiger partial charge in [-0.2, -0.15) is 0 Å². The van der Waals surface area contributed by atoms with Gasteiger partial charge in [0.05, 0.1) is 0 Å². The van der Waals surface area contributed by atoms with Crippen LogP contribution in [0.5, 0.6) is 5.75 Å². The van der Waals surface area contributed by atoms with E-state index in [1.807, 2.05) is 12.1 Å². The molecule has 0 saturated heterocycles. The summed E-state index contributed by atoms with van der Waals surface area (Å²) >= 11 is 0. The van der Waals surface area contributed by atoms with E-state index in [1.54, 1.807) is 6.07 Å². The van der Waals surface area contributed by atoms with Crippen LogP contribution in [0.15, 0.2) is 48.5 Å². The Morgan fingerprint density at radius 3 is 2.29 bits per heavy atom. The number of para-hydroxylation sites is 1. The van der Waals surface area contributed by atoms with Crippen LogP contribution in [0.25, 0.3) is 0 Å². The molecule has 2 N–H and O–H groups in total. The summed E-state index contributed by atoms with van der Waals surface area (Å²) in [7, 11) is 0. The number of carbonyl (C=O) groups is 2. The van der Waals surface area contributed by atoms with Gasteiger partial charge < -0.3 is 4.74 Å². The molecule has 6 heteroatoms. The zero-order valence-electron chi connectivity index (χ0n) is 16.7. The number of hydrazine groups is 1. The van der Waals surface area contributed by atoms with E-state index in [-0.39, 0.29) is 23.5 Å². The standard InChI is InChI=1S/C22H27FN2O3/c1-15(28-19-8-6-5-7-18(19)23)21(27)25-24-20(26)14-11-16-9-12-17(13-10-16)22(2,3)4/h5-10,12-13,15H,11,14H2,1-4H3,(H,24,26)(H,25,27)/t15-/m1/s1. The van der Waals surface area contributed by atoms with Crippen LogP contribution in [0, 0.1) is 5.82 Å². The molecule has 0 aliphatic heterocycles. The van der Waals surface area contributed by atoms with E-state index in [4.69, 9.17) is 4.74 Å². The molecule has 2 rings (SSSR count). The third kappa shape index (κ3) is 6.37. The maximum absolute atomic E-state index is 13.6. The van der Waals surface area contributed by atoms with Crippen LogP contribution in [0.3, 0.4) is 0 Å². The summed E-state index contributed by atoms with van der Waals surface area (Å²) in [5.41, 5.74) is 7.02. The Kier molecular flexibility index (Phi) is 7.15. The minimum absolute atomic E-state index is 0.0184. The minimum atomic E-state index is -0.956. The third-order valence-corrected chi connectivity index (χ3v) is 4.30. The minimum Gasteiger partial charge on any atom is -0.478 e. The molecule has 0 aliphatic rings. The molecule has 28 heavy (non-hydrogen) atoms. The van der Waals surface area contributed by atoms with Crippen molar-refractivity contribution in [2.75, 3.05) is 0 Å². The summed E-state index contributed by atoms with van der Waals surface area (Å²) in [5.74, 6) is -1.45. The molecule has 2 amide bonds. The predicted molar refractivity (Wildman–Crippen MR) is 106 cm³/mol. The zero-order valence-corrected chi connectivity index (χ0v) is 16.7. The molecule has 0 aromatic heterocycles. The van der Waals surface area contributed by atoms with Crippen molar-refractivity contribution in [3.63, 3.8) is 0 Å². The summed E-state index contributed by atoms with van der Waals surface area (Å²) in [6.45, 7) is 7.92. The Morgan fingerprint density at radius 1 is 1.04 bits per heavy atom. The first-order chi connectivity index (χ1) is 13.2. The number of hydrogen-bond acceptors (Lipinski definition) is 3. The lowest BCUT2D eigenvalue weighted by molar-refractivity contribution is -0.132. The Labute approximate surface area is 165 Å². The molecule has 0 unspecified atom stereocenters. The molecule has 0 fully saturated rings. The van der Waals surface area contributed by atoms with E-state index in [0.29, 0.717) is 6.42 Å². The first-order valence-electron chi connectivity index (χ1n) is 9.26. The maximum atomic E-state index is 13.6. The van der Waals surface area contributed by atoms with Crippen molar-refractivity contribution in [2.45, 2.75) is 52.1 Å². The molecule has 0 spiro atoms. The number of aryl methyl sites for hydroxylation is 1. The monoisotopic (exact) mass is 386 g/mol. The lowest BCUT2D eigenvalue weighted by atomic mass is 9.86.